The van der Waals surface area contributed by atoms with Crippen molar-refractivity contribution in [2.45, 2.75) is 51.4 Å². The maximum absolute atomic E-state index is 12.4. The highest BCUT2D eigenvalue weighted by Gasteiger charge is 2.31. The molecule has 7 N–H and O–H groups in total. The van der Waals surface area contributed by atoms with Crippen LogP contribution in [-0.2, 0) is 20.8 Å². The van der Waals surface area contributed by atoms with Crippen molar-refractivity contribution in [3.63, 3.8) is 0 Å². The number of carbonyl (C=O) groups is 3. The van der Waals surface area contributed by atoms with Crippen molar-refractivity contribution < 1.29 is 24.6 Å². The number of carboxylic acids is 1. The normalized spacial score (nSPS) is 15.9. The predicted octanol–water partition coefficient (Wildman–Crippen LogP) is -1.63. The number of nitrogens with one attached hydrogen (secondary N) is 3. The Bertz CT molecular complexity index is 587. The molecule has 140 valence electrons. The molecule has 1 aromatic rings. The van der Waals surface area contributed by atoms with Crippen molar-refractivity contribution >= 4 is 17.8 Å². The van der Waals surface area contributed by atoms with Gasteiger partial charge in [0.05, 0.1) is 18.5 Å². The molecule has 25 heavy (non-hydrogen) atoms. The summed E-state index contributed by atoms with van der Waals surface area (Å²) in [6.45, 7) is 4.78. The number of aliphatic carboxylic acids is 1. The molecule has 0 bridgehead atoms. The molecular weight excluding hydrogens is 330 g/mol. The summed E-state index contributed by atoms with van der Waals surface area (Å²) in [6.07, 6.45) is 1.66. The Morgan fingerprint density at radius 1 is 1.24 bits per heavy atom. The molecule has 0 spiro atoms. The number of aromatic amines is 1. The summed E-state index contributed by atoms with van der Waals surface area (Å²) in [4.78, 5) is 42.4. The third kappa shape index (κ3) is 6.16. The standard InChI is InChI=1S/C15H25N5O5/c1-7(2)11(16)14(23)19-10(4-9-5-17-6-18-9)13(22)20-12(8(3)21)15(24)25/h5-8,10-12,21H,4,16H2,1-3H3,(H,17,18)(H,19,23)(H,20,22)(H,24,25). The summed E-state index contributed by atoms with van der Waals surface area (Å²) in [6, 6.07) is -3.38. The van der Waals surface area contributed by atoms with Gasteiger partial charge in [-0.15, -0.1) is 0 Å². The van der Waals surface area contributed by atoms with Gasteiger partial charge in [-0.2, -0.15) is 0 Å². The lowest BCUT2D eigenvalue weighted by Gasteiger charge is -2.24. The maximum Gasteiger partial charge on any atom is 0.328 e. The lowest BCUT2D eigenvalue weighted by atomic mass is 10.0. The third-order valence-electron chi connectivity index (χ3n) is 3.68. The van der Waals surface area contributed by atoms with E-state index in [1.807, 2.05) is 0 Å². The van der Waals surface area contributed by atoms with Crippen LogP contribution < -0.4 is 16.4 Å². The molecule has 4 atom stereocenters. The van der Waals surface area contributed by atoms with Gasteiger partial charge in [-0.05, 0) is 12.8 Å². The minimum absolute atomic E-state index is 0.0640. The monoisotopic (exact) mass is 355 g/mol. The molecule has 10 nitrogen and oxygen atoms in total. The van der Waals surface area contributed by atoms with Crippen LogP contribution >= 0.6 is 0 Å². The van der Waals surface area contributed by atoms with Crippen LogP contribution in [0.4, 0.5) is 0 Å². The second kappa shape index (κ2) is 9.14. The van der Waals surface area contributed by atoms with Gasteiger partial charge in [0.2, 0.25) is 11.8 Å². The number of hydrogen-bond acceptors (Lipinski definition) is 6. The van der Waals surface area contributed by atoms with Crippen molar-refractivity contribution in [2.24, 2.45) is 11.7 Å². The fraction of sp³-hybridized carbons (Fsp3) is 0.600. The van der Waals surface area contributed by atoms with Gasteiger partial charge in [0.25, 0.3) is 0 Å². The van der Waals surface area contributed by atoms with E-state index in [0.29, 0.717) is 5.69 Å². The molecule has 2 amide bonds. The van der Waals surface area contributed by atoms with E-state index in [-0.39, 0.29) is 12.3 Å². The number of aliphatic hydroxyl groups excluding tert-OH is 1. The Labute approximate surface area is 145 Å². The molecule has 0 aliphatic heterocycles. The van der Waals surface area contributed by atoms with E-state index < -0.39 is 42.0 Å². The van der Waals surface area contributed by atoms with Crippen LogP contribution in [-0.4, -0.2) is 62.2 Å². The van der Waals surface area contributed by atoms with Gasteiger partial charge in [0, 0.05) is 18.3 Å². The first-order valence-electron chi connectivity index (χ1n) is 7.88. The molecule has 0 aliphatic rings. The molecule has 10 heteroatoms. The lowest BCUT2D eigenvalue weighted by molar-refractivity contribution is -0.145. The highest BCUT2D eigenvalue weighted by atomic mass is 16.4. The Hall–Kier alpha value is -2.46. The van der Waals surface area contributed by atoms with E-state index in [9.17, 15) is 19.5 Å². The number of nitrogens with two attached hydrogens (primary N) is 1. The van der Waals surface area contributed by atoms with Crippen LogP contribution in [0.2, 0.25) is 0 Å². The summed E-state index contributed by atoms with van der Waals surface area (Å²) in [5, 5.41) is 23.3. The zero-order valence-electron chi connectivity index (χ0n) is 14.4. The number of carbonyl (C=O) groups excluding carboxylic acids is 2. The van der Waals surface area contributed by atoms with Crippen molar-refractivity contribution in [1.29, 1.82) is 0 Å². The fourth-order valence-corrected chi connectivity index (χ4v) is 2.04. The molecule has 0 aromatic carbocycles. The molecule has 0 radical (unpaired) electrons. The van der Waals surface area contributed by atoms with Gasteiger partial charge in [-0.1, -0.05) is 13.8 Å². The van der Waals surface area contributed by atoms with Gasteiger partial charge in [-0.3, -0.25) is 9.59 Å². The number of rotatable bonds is 9. The summed E-state index contributed by atoms with van der Waals surface area (Å²) in [5.74, 6) is -2.79. The topological polar surface area (TPSA) is 170 Å². The highest BCUT2D eigenvalue weighted by Crippen LogP contribution is 2.04. The molecule has 0 fully saturated rings. The summed E-state index contributed by atoms with van der Waals surface area (Å²) in [7, 11) is 0. The second-order valence-electron chi connectivity index (χ2n) is 6.18. The first kappa shape index (κ1) is 20.6. The van der Waals surface area contributed by atoms with Crippen molar-refractivity contribution in [2.75, 3.05) is 0 Å². The van der Waals surface area contributed by atoms with Gasteiger partial charge < -0.3 is 31.6 Å². The molecule has 1 aromatic heterocycles. The minimum Gasteiger partial charge on any atom is -0.480 e. The number of H-pyrrole nitrogens is 1. The largest absolute Gasteiger partial charge is 0.480 e. The Morgan fingerprint density at radius 3 is 2.32 bits per heavy atom. The van der Waals surface area contributed by atoms with Crippen LogP contribution in [0.15, 0.2) is 12.5 Å². The van der Waals surface area contributed by atoms with E-state index in [2.05, 4.69) is 20.6 Å². The Kier molecular flexibility index (Phi) is 7.52. The third-order valence-corrected chi connectivity index (χ3v) is 3.68. The van der Waals surface area contributed by atoms with E-state index in [1.54, 1.807) is 13.8 Å². The van der Waals surface area contributed by atoms with Gasteiger partial charge in [0.15, 0.2) is 6.04 Å². The molecule has 0 saturated carbocycles. The van der Waals surface area contributed by atoms with Gasteiger partial charge >= 0.3 is 5.97 Å². The molecule has 0 saturated heterocycles. The van der Waals surface area contributed by atoms with Gasteiger partial charge in [-0.25, -0.2) is 9.78 Å². The number of amides is 2. The van der Waals surface area contributed by atoms with Gasteiger partial charge in [0.1, 0.15) is 6.04 Å². The van der Waals surface area contributed by atoms with E-state index in [4.69, 9.17) is 10.8 Å². The molecule has 0 aliphatic carbocycles. The number of aliphatic hydroxyl groups is 1. The smallest absolute Gasteiger partial charge is 0.328 e. The summed E-state index contributed by atoms with van der Waals surface area (Å²) >= 11 is 0. The van der Waals surface area contributed by atoms with E-state index in [0.717, 1.165) is 0 Å². The summed E-state index contributed by atoms with van der Waals surface area (Å²) < 4.78 is 0. The maximum atomic E-state index is 12.4. The number of carboxylic acid groups (broad SMARTS) is 1. The fourth-order valence-electron chi connectivity index (χ4n) is 2.04. The summed E-state index contributed by atoms with van der Waals surface area (Å²) in [5.41, 5.74) is 6.35. The average Bonchev–Trinajstić information content (AvgIpc) is 3.02. The van der Waals surface area contributed by atoms with Crippen LogP contribution in [0.3, 0.4) is 0 Å². The van der Waals surface area contributed by atoms with Crippen LogP contribution in [0.5, 0.6) is 0 Å². The Balaban J connectivity index is 2.91. The number of hydrogen-bond donors (Lipinski definition) is 6. The van der Waals surface area contributed by atoms with Crippen LogP contribution in [0, 0.1) is 5.92 Å². The average molecular weight is 355 g/mol. The SMILES string of the molecule is CC(C)C(N)C(=O)NC(Cc1cnc[nH]1)C(=O)NC(C(=O)O)C(C)O. The number of aromatic nitrogens is 2. The lowest BCUT2D eigenvalue weighted by Crippen LogP contribution is -2.57. The van der Waals surface area contributed by atoms with Crippen LogP contribution in [0.25, 0.3) is 0 Å². The number of imidazole rings is 1. The van der Waals surface area contributed by atoms with Crippen molar-refractivity contribution in [3.8, 4) is 0 Å². The molecular formula is C15H25N5O5. The molecule has 4 unspecified atom stereocenters. The molecule has 1 heterocycles. The van der Waals surface area contributed by atoms with Crippen LogP contribution in [0.1, 0.15) is 26.5 Å². The minimum atomic E-state index is -1.49. The first-order valence-corrected chi connectivity index (χ1v) is 7.88. The quantitative estimate of drug-likeness (QED) is 0.309. The zero-order chi connectivity index (χ0) is 19.1. The number of nitrogens with zero attached hydrogens (tertiary/aromatic N) is 1. The second-order valence-corrected chi connectivity index (χ2v) is 6.18. The highest BCUT2D eigenvalue weighted by molar-refractivity contribution is 5.92. The first-order chi connectivity index (χ1) is 11.6. The van der Waals surface area contributed by atoms with Crippen molar-refractivity contribution in [3.05, 3.63) is 18.2 Å². The predicted molar refractivity (Wildman–Crippen MR) is 88.3 cm³/mol. The Morgan fingerprint density at radius 2 is 1.88 bits per heavy atom. The zero-order valence-corrected chi connectivity index (χ0v) is 14.4. The molecule has 1 rings (SSSR count). The van der Waals surface area contributed by atoms with E-state index in [1.165, 1.54) is 19.4 Å². The van der Waals surface area contributed by atoms with Crippen molar-refractivity contribution in [1.82, 2.24) is 20.6 Å². The van der Waals surface area contributed by atoms with E-state index >= 15 is 0 Å².